The maximum Gasteiger partial charge on any atom is 0.00965 e. The third-order valence-electron chi connectivity index (χ3n) is 3.57. The van der Waals surface area contributed by atoms with Crippen molar-refractivity contribution in [3.8, 4) is 0 Å². The fourth-order valence-corrected chi connectivity index (χ4v) is 2.05. The monoisotopic (exact) mass is 262 g/mol. The molecule has 108 valence electrons. The van der Waals surface area contributed by atoms with Crippen LogP contribution in [0.5, 0.6) is 0 Å². The summed E-state index contributed by atoms with van der Waals surface area (Å²) < 4.78 is 0. The second-order valence-electron chi connectivity index (χ2n) is 6.53. The summed E-state index contributed by atoms with van der Waals surface area (Å²) in [4.78, 5) is 2.46. The summed E-state index contributed by atoms with van der Waals surface area (Å²) in [5.74, 6) is 0. The highest BCUT2D eigenvalue weighted by atomic mass is 15.1. The molecular formula is C17H30N2. The first-order valence-electron chi connectivity index (χ1n) is 7.38. The van der Waals surface area contributed by atoms with Crippen LogP contribution in [0, 0.1) is 0 Å². The first kappa shape index (κ1) is 16.2. The summed E-state index contributed by atoms with van der Waals surface area (Å²) in [6.07, 6.45) is 2.33. The molecule has 1 rings (SSSR count). The second kappa shape index (κ2) is 7.66. The quantitative estimate of drug-likeness (QED) is 0.811. The fraction of sp³-hybridized carbons (Fsp3) is 0.647. The van der Waals surface area contributed by atoms with Crippen LogP contribution < -0.4 is 5.32 Å². The van der Waals surface area contributed by atoms with Crippen molar-refractivity contribution in [3.05, 3.63) is 35.9 Å². The van der Waals surface area contributed by atoms with Gasteiger partial charge in [-0.25, -0.2) is 0 Å². The summed E-state index contributed by atoms with van der Waals surface area (Å²) in [6, 6.07) is 11.4. The van der Waals surface area contributed by atoms with E-state index in [4.69, 9.17) is 0 Å². The Bertz CT molecular complexity index is 340. The molecule has 0 amide bonds. The number of hydrogen-bond donors (Lipinski definition) is 1. The Balaban J connectivity index is 2.23. The van der Waals surface area contributed by atoms with Crippen LogP contribution in [0.25, 0.3) is 0 Å². The highest BCUT2D eigenvalue weighted by molar-refractivity contribution is 5.14. The van der Waals surface area contributed by atoms with E-state index < -0.39 is 0 Å². The lowest BCUT2D eigenvalue weighted by atomic mass is 10.1. The van der Waals surface area contributed by atoms with E-state index in [0.717, 1.165) is 19.5 Å². The minimum atomic E-state index is 0.225. The van der Waals surface area contributed by atoms with Gasteiger partial charge in [0.25, 0.3) is 0 Å². The molecule has 0 radical (unpaired) electrons. The zero-order chi connectivity index (χ0) is 14.3. The maximum absolute atomic E-state index is 3.55. The molecule has 0 saturated carbocycles. The number of hydrogen-bond acceptors (Lipinski definition) is 2. The normalized spacial score (nSPS) is 13.8. The van der Waals surface area contributed by atoms with Gasteiger partial charge < -0.3 is 10.2 Å². The molecule has 0 aliphatic rings. The van der Waals surface area contributed by atoms with E-state index >= 15 is 0 Å². The van der Waals surface area contributed by atoms with Crippen LogP contribution in [-0.2, 0) is 6.42 Å². The fourth-order valence-electron chi connectivity index (χ4n) is 2.05. The van der Waals surface area contributed by atoms with Crippen molar-refractivity contribution < 1.29 is 0 Å². The average molecular weight is 262 g/mol. The Morgan fingerprint density at radius 2 is 1.79 bits per heavy atom. The van der Waals surface area contributed by atoms with Gasteiger partial charge in [-0.15, -0.1) is 0 Å². The van der Waals surface area contributed by atoms with Gasteiger partial charge in [0.2, 0.25) is 0 Å². The molecule has 0 spiro atoms. The van der Waals surface area contributed by atoms with Gasteiger partial charge >= 0.3 is 0 Å². The predicted molar refractivity (Wildman–Crippen MR) is 84.6 cm³/mol. The van der Waals surface area contributed by atoms with Gasteiger partial charge in [0, 0.05) is 18.1 Å². The highest BCUT2D eigenvalue weighted by Crippen LogP contribution is 2.06. The molecule has 0 saturated heterocycles. The number of nitrogens with zero attached hydrogens (tertiary/aromatic N) is 1. The molecular weight excluding hydrogens is 232 g/mol. The molecule has 1 aromatic rings. The molecule has 19 heavy (non-hydrogen) atoms. The van der Waals surface area contributed by atoms with Crippen LogP contribution in [0.15, 0.2) is 30.3 Å². The number of likely N-dealkylation sites (N-methyl/N-ethyl adjacent to an activating group) is 1. The molecule has 1 N–H and O–H groups in total. The Hall–Kier alpha value is -0.860. The molecule has 0 fully saturated rings. The van der Waals surface area contributed by atoms with E-state index in [9.17, 15) is 0 Å². The SMILES string of the molecule is CC(CCNC(C)(C)C)N(C)CCc1ccccc1. The van der Waals surface area contributed by atoms with E-state index in [1.165, 1.54) is 12.0 Å². The van der Waals surface area contributed by atoms with Crippen molar-refractivity contribution in [2.45, 2.75) is 52.1 Å². The molecule has 0 aliphatic heterocycles. The number of nitrogens with one attached hydrogen (secondary N) is 1. The minimum Gasteiger partial charge on any atom is -0.312 e. The van der Waals surface area contributed by atoms with Gasteiger partial charge in [0.15, 0.2) is 0 Å². The van der Waals surface area contributed by atoms with Crippen molar-refractivity contribution in [1.29, 1.82) is 0 Å². The van der Waals surface area contributed by atoms with E-state index in [1.807, 2.05) is 0 Å². The van der Waals surface area contributed by atoms with Gasteiger partial charge in [-0.3, -0.25) is 0 Å². The van der Waals surface area contributed by atoms with Gasteiger partial charge in [0.05, 0.1) is 0 Å². The van der Waals surface area contributed by atoms with Crippen molar-refractivity contribution in [1.82, 2.24) is 10.2 Å². The van der Waals surface area contributed by atoms with Gasteiger partial charge in [-0.1, -0.05) is 30.3 Å². The highest BCUT2D eigenvalue weighted by Gasteiger charge is 2.12. The maximum atomic E-state index is 3.55. The summed E-state index contributed by atoms with van der Waals surface area (Å²) in [5.41, 5.74) is 1.65. The van der Waals surface area contributed by atoms with E-state index in [0.29, 0.717) is 6.04 Å². The first-order valence-corrected chi connectivity index (χ1v) is 7.38. The van der Waals surface area contributed by atoms with Crippen LogP contribution >= 0.6 is 0 Å². The molecule has 0 aliphatic carbocycles. The van der Waals surface area contributed by atoms with E-state index in [2.05, 4.69) is 75.3 Å². The van der Waals surface area contributed by atoms with Gasteiger partial charge in [-0.2, -0.15) is 0 Å². The number of rotatable bonds is 7. The average Bonchev–Trinajstić information content (AvgIpc) is 2.35. The molecule has 2 nitrogen and oxygen atoms in total. The van der Waals surface area contributed by atoms with Crippen LogP contribution in [0.1, 0.15) is 39.7 Å². The molecule has 1 aromatic carbocycles. The summed E-state index contributed by atoms with van der Waals surface area (Å²) >= 11 is 0. The standard InChI is InChI=1S/C17H30N2/c1-15(11-13-18-17(2,3)4)19(5)14-12-16-9-7-6-8-10-16/h6-10,15,18H,11-14H2,1-5H3. The molecule has 1 unspecified atom stereocenters. The van der Waals surface area contributed by atoms with E-state index in [1.54, 1.807) is 0 Å². The molecule has 0 bridgehead atoms. The van der Waals surface area contributed by atoms with Crippen molar-refractivity contribution in [3.63, 3.8) is 0 Å². The molecule has 1 atom stereocenters. The summed E-state index contributed by atoms with van der Waals surface area (Å²) in [5, 5.41) is 3.55. The van der Waals surface area contributed by atoms with Crippen molar-refractivity contribution >= 4 is 0 Å². The zero-order valence-corrected chi connectivity index (χ0v) is 13.2. The lowest BCUT2D eigenvalue weighted by Gasteiger charge is -2.27. The van der Waals surface area contributed by atoms with Crippen LogP contribution in [0.4, 0.5) is 0 Å². The summed E-state index contributed by atoms with van der Waals surface area (Å²) in [6.45, 7) is 11.2. The zero-order valence-electron chi connectivity index (χ0n) is 13.2. The van der Waals surface area contributed by atoms with E-state index in [-0.39, 0.29) is 5.54 Å². The van der Waals surface area contributed by atoms with Crippen LogP contribution in [0.2, 0.25) is 0 Å². The lowest BCUT2D eigenvalue weighted by Crippen LogP contribution is -2.40. The minimum absolute atomic E-state index is 0.225. The molecule has 0 heterocycles. The van der Waals surface area contributed by atoms with Crippen LogP contribution in [-0.4, -0.2) is 36.6 Å². The number of benzene rings is 1. The summed E-state index contributed by atoms with van der Waals surface area (Å²) in [7, 11) is 2.23. The van der Waals surface area contributed by atoms with Crippen molar-refractivity contribution in [2.75, 3.05) is 20.1 Å². The largest absolute Gasteiger partial charge is 0.312 e. The first-order chi connectivity index (χ1) is 8.88. The third kappa shape index (κ3) is 7.34. The molecule has 2 heteroatoms. The predicted octanol–water partition coefficient (Wildman–Crippen LogP) is 3.33. The Kier molecular flexibility index (Phi) is 6.53. The molecule has 0 aromatic heterocycles. The van der Waals surface area contributed by atoms with Gasteiger partial charge in [-0.05, 0) is 59.7 Å². The second-order valence-corrected chi connectivity index (χ2v) is 6.53. The van der Waals surface area contributed by atoms with Crippen LogP contribution in [0.3, 0.4) is 0 Å². The van der Waals surface area contributed by atoms with Gasteiger partial charge in [0.1, 0.15) is 0 Å². The topological polar surface area (TPSA) is 15.3 Å². The smallest absolute Gasteiger partial charge is 0.00965 e. The Morgan fingerprint density at radius 3 is 2.37 bits per heavy atom. The lowest BCUT2D eigenvalue weighted by molar-refractivity contribution is 0.241. The Labute approximate surface area is 119 Å². The Morgan fingerprint density at radius 1 is 1.16 bits per heavy atom. The third-order valence-corrected chi connectivity index (χ3v) is 3.57. The van der Waals surface area contributed by atoms with Crippen molar-refractivity contribution in [2.24, 2.45) is 0 Å².